The molecule has 0 aromatic heterocycles. The predicted molar refractivity (Wildman–Crippen MR) is 65.5 cm³/mol. The summed E-state index contributed by atoms with van der Waals surface area (Å²) < 4.78 is 5.42. The molecular formula is C12H26N2O2. The molecule has 4 heteroatoms. The van der Waals surface area contributed by atoms with Crippen molar-refractivity contribution >= 4 is 0 Å². The van der Waals surface area contributed by atoms with Crippen molar-refractivity contribution in [3.05, 3.63) is 0 Å². The third-order valence-corrected chi connectivity index (χ3v) is 3.14. The van der Waals surface area contributed by atoms with Crippen molar-refractivity contribution in [3.63, 3.8) is 0 Å². The average Bonchev–Trinajstić information content (AvgIpc) is 2.27. The lowest BCUT2D eigenvalue weighted by Gasteiger charge is -2.30. The molecule has 1 fully saturated rings. The predicted octanol–water partition coefficient (Wildman–Crippen LogP) is 0.360. The molecule has 1 rings (SSSR count). The number of hydrogen-bond acceptors (Lipinski definition) is 4. The molecule has 0 aromatic carbocycles. The van der Waals surface area contributed by atoms with Crippen molar-refractivity contribution in [1.82, 2.24) is 10.6 Å². The minimum Gasteiger partial charge on any atom is -0.395 e. The summed E-state index contributed by atoms with van der Waals surface area (Å²) in [6, 6.07) is 1.04. The van der Waals surface area contributed by atoms with Crippen molar-refractivity contribution in [2.75, 3.05) is 26.4 Å². The number of aliphatic hydroxyl groups excluding tert-OH is 1. The second kappa shape index (κ2) is 7.22. The summed E-state index contributed by atoms with van der Waals surface area (Å²) in [5, 5.41) is 16.2. The molecule has 3 N–H and O–H groups in total. The SMILES string of the molecule is CC(CC1COCCN1)NC(CO)C(C)C. The van der Waals surface area contributed by atoms with Crippen LogP contribution in [-0.4, -0.2) is 49.6 Å². The molecule has 1 aliphatic heterocycles. The lowest BCUT2D eigenvalue weighted by molar-refractivity contribution is 0.0696. The van der Waals surface area contributed by atoms with Gasteiger partial charge in [0.1, 0.15) is 0 Å². The molecule has 3 unspecified atom stereocenters. The van der Waals surface area contributed by atoms with Gasteiger partial charge in [-0.3, -0.25) is 0 Å². The van der Waals surface area contributed by atoms with E-state index in [1.807, 2.05) is 0 Å². The standard InChI is InChI=1S/C12H26N2O2/c1-9(2)12(7-15)14-10(3)6-11-8-16-5-4-13-11/h9-15H,4-8H2,1-3H3. The maximum atomic E-state index is 9.25. The van der Waals surface area contributed by atoms with Crippen LogP contribution in [-0.2, 0) is 4.74 Å². The van der Waals surface area contributed by atoms with E-state index in [-0.39, 0.29) is 12.6 Å². The molecule has 4 nitrogen and oxygen atoms in total. The van der Waals surface area contributed by atoms with Crippen LogP contribution in [0.5, 0.6) is 0 Å². The van der Waals surface area contributed by atoms with E-state index < -0.39 is 0 Å². The van der Waals surface area contributed by atoms with Gasteiger partial charge in [-0.05, 0) is 19.3 Å². The number of morpholine rings is 1. The summed E-state index contributed by atoms with van der Waals surface area (Å²) in [5.74, 6) is 0.461. The van der Waals surface area contributed by atoms with Crippen LogP contribution in [0.4, 0.5) is 0 Å². The zero-order valence-corrected chi connectivity index (χ0v) is 10.7. The lowest BCUT2D eigenvalue weighted by Crippen LogP contribution is -2.48. The second-order valence-corrected chi connectivity index (χ2v) is 5.06. The monoisotopic (exact) mass is 230 g/mol. The number of nitrogens with one attached hydrogen (secondary N) is 2. The highest BCUT2D eigenvalue weighted by Gasteiger charge is 2.19. The van der Waals surface area contributed by atoms with Gasteiger partial charge >= 0.3 is 0 Å². The highest BCUT2D eigenvalue weighted by Crippen LogP contribution is 2.07. The summed E-state index contributed by atoms with van der Waals surface area (Å²) in [4.78, 5) is 0. The molecule has 0 aliphatic carbocycles. The molecule has 1 aliphatic rings. The van der Waals surface area contributed by atoms with Gasteiger partial charge in [-0.25, -0.2) is 0 Å². The third-order valence-electron chi connectivity index (χ3n) is 3.14. The third kappa shape index (κ3) is 4.78. The number of rotatable bonds is 6. The van der Waals surface area contributed by atoms with Gasteiger partial charge in [0.2, 0.25) is 0 Å². The molecule has 0 saturated carbocycles. The summed E-state index contributed by atoms with van der Waals surface area (Å²) in [6.45, 7) is 9.20. The van der Waals surface area contributed by atoms with Crippen LogP contribution in [0.3, 0.4) is 0 Å². The van der Waals surface area contributed by atoms with Crippen molar-refractivity contribution in [2.24, 2.45) is 5.92 Å². The van der Waals surface area contributed by atoms with Gasteiger partial charge in [-0.2, -0.15) is 0 Å². The quantitative estimate of drug-likeness (QED) is 0.617. The molecule has 0 radical (unpaired) electrons. The zero-order chi connectivity index (χ0) is 12.0. The maximum absolute atomic E-state index is 9.25. The lowest BCUT2D eigenvalue weighted by atomic mass is 10.0. The molecule has 0 spiro atoms. The highest BCUT2D eigenvalue weighted by atomic mass is 16.5. The largest absolute Gasteiger partial charge is 0.395 e. The van der Waals surface area contributed by atoms with E-state index in [1.54, 1.807) is 0 Å². The van der Waals surface area contributed by atoms with Crippen LogP contribution in [0.15, 0.2) is 0 Å². The van der Waals surface area contributed by atoms with Gasteiger partial charge in [0, 0.05) is 24.7 Å². The number of hydrogen-bond donors (Lipinski definition) is 3. The van der Waals surface area contributed by atoms with Gasteiger partial charge in [0.25, 0.3) is 0 Å². The summed E-state index contributed by atoms with van der Waals surface area (Å²) in [7, 11) is 0. The first-order valence-electron chi connectivity index (χ1n) is 6.31. The van der Waals surface area contributed by atoms with Gasteiger partial charge < -0.3 is 20.5 Å². The summed E-state index contributed by atoms with van der Waals surface area (Å²) >= 11 is 0. The van der Waals surface area contributed by atoms with E-state index in [0.29, 0.717) is 18.0 Å². The maximum Gasteiger partial charge on any atom is 0.0620 e. The fraction of sp³-hybridized carbons (Fsp3) is 1.00. The zero-order valence-electron chi connectivity index (χ0n) is 10.7. The van der Waals surface area contributed by atoms with Crippen molar-refractivity contribution < 1.29 is 9.84 Å². The Morgan fingerprint density at radius 2 is 2.19 bits per heavy atom. The average molecular weight is 230 g/mol. The smallest absolute Gasteiger partial charge is 0.0620 e. The topological polar surface area (TPSA) is 53.5 Å². The Morgan fingerprint density at radius 1 is 1.44 bits per heavy atom. The van der Waals surface area contributed by atoms with E-state index in [0.717, 1.165) is 26.2 Å². The fourth-order valence-corrected chi connectivity index (χ4v) is 2.09. The van der Waals surface area contributed by atoms with E-state index in [1.165, 1.54) is 0 Å². The highest BCUT2D eigenvalue weighted by molar-refractivity contribution is 4.79. The molecule has 1 heterocycles. The first-order chi connectivity index (χ1) is 7.63. The fourth-order valence-electron chi connectivity index (χ4n) is 2.09. The first-order valence-corrected chi connectivity index (χ1v) is 6.31. The Hall–Kier alpha value is -0.160. The molecule has 0 amide bonds. The first kappa shape index (κ1) is 13.9. The Bertz CT molecular complexity index is 182. The normalized spacial score (nSPS) is 25.7. The van der Waals surface area contributed by atoms with E-state index >= 15 is 0 Å². The van der Waals surface area contributed by atoms with Crippen LogP contribution < -0.4 is 10.6 Å². The van der Waals surface area contributed by atoms with Crippen LogP contribution >= 0.6 is 0 Å². The van der Waals surface area contributed by atoms with Crippen LogP contribution in [0.1, 0.15) is 27.2 Å². The van der Waals surface area contributed by atoms with Crippen LogP contribution in [0.25, 0.3) is 0 Å². The van der Waals surface area contributed by atoms with Crippen LogP contribution in [0.2, 0.25) is 0 Å². The van der Waals surface area contributed by atoms with Crippen molar-refractivity contribution in [1.29, 1.82) is 0 Å². The Morgan fingerprint density at radius 3 is 2.69 bits per heavy atom. The second-order valence-electron chi connectivity index (χ2n) is 5.06. The van der Waals surface area contributed by atoms with Crippen molar-refractivity contribution in [3.8, 4) is 0 Å². The van der Waals surface area contributed by atoms with Gasteiger partial charge in [-0.1, -0.05) is 13.8 Å². The van der Waals surface area contributed by atoms with Gasteiger partial charge in [0.15, 0.2) is 0 Å². The summed E-state index contributed by atoms with van der Waals surface area (Å²) in [5.41, 5.74) is 0. The Balaban J connectivity index is 2.25. The van der Waals surface area contributed by atoms with E-state index in [9.17, 15) is 5.11 Å². The molecule has 1 saturated heterocycles. The van der Waals surface area contributed by atoms with Gasteiger partial charge in [-0.15, -0.1) is 0 Å². The minimum atomic E-state index is 0.194. The molecule has 3 atom stereocenters. The minimum absolute atomic E-state index is 0.194. The number of ether oxygens (including phenoxy) is 1. The summed E-state index contributed by atoms with van der Waals surface area (Å²) in [6.07, 6.45) is 1.04. The van der Waals surface area contributed by atoms with E-state index in [4.69, 9.17) is 4.74 Å². The van der Waals surface area contributed by atoms with E-state index in [2.05, 4.69) is 31.4 Å². The Kier molecular flexibility index (Phi) is 6.28. The molecule has 96 valence electrons. The molecular weight excluding hydrogens is 204 g/mol. The van der Waals surface area contributed by atoms with Crippen molar-refractivity contribution in [2.45, 2.75) is 45.3 Å². The van der Waals surface area contributed by atoms with Gasteiger partial charge in [0.05, 0.1) is 19.8 Å². The van der Waals surface area contributed by atoms with Crippen LogP contribution in [0, 0.1) is 5.92 Å². The molecule has 16 heavy (non-hydrogen) atoms. The Labute approximate surface area is 98.8 Å². The number of aliphatic hydroxyl groups is 1. The molecule has 0 aromatic rings. The molecule has 0 bridgehead atoms.